The normalized spacial score (nSPS) is 16.3. The Morgan fingerprint density at radius 3 is 2.49 bits per heavy atom. The van der Waals surface area contributed by atoms with E-state index in [0.29, 0.717) is 35.7 Å². The van der Waals surface area contributed by atoms with Gasteiger partial charge >= 0.3 is 5.69 Å². The van der Waals surface area contributed by atoms with Crippen molar-refractivity contribution in [2.75, 3.05) is 29.9 Å². The van der Waals surface area contributed by atoms with E-state index in [-0.39, 0.29) is 64.9 Å². The Hall–Kier alpha value is -4.64. The molecule has 248 valence electrons. The molecule has 0 radical (unpaired) electrons. The molecular formula is C35H41ClFN7O3. The van der Waals surface area contributed by atoms with Gasteiger partial charge in [-0.2, -0.15) is 4.98 Å². The molecule has 1 aromatic carbocycles. The van der Waals surface area contributed by atoms with Crippen LogP contribution in [0.4, 0.5) is 15.9 Å². The maximum Gasteiger partial charge on any atom is 0.355 e. The van der Waals surface area contributed by atoms with Gasteiger partial charge < -0.3 is 14.7 Å². The van der Waals surface area contributed by atoms with Gasteiger partial charge in [0.15, 0.2) is 5.65 Å². The van der Waals surface area contributed by atoms with E-state index in [1.807, 2.05) is 39.5 Å². The minimum atomic E-state index is -0.631. The van der Waals surface area contributed by atoms with Crippen molar-refractivity contribution in [1.29, 1.82) is 0 Å². The van der Waals surface area contributed by atoms with Crippen LogP contribution >= 0.6 is 11.6 Å². The van der Waals surface area contributed by atoms with Crippen LogP contribution in [0, 0.1) is 12.7 Å². The molecule has 2 atom stereocenters. The highest BCUT2D eigenvalue weighted by Gasteiger charge is 2.34. The third-order valence-corrected chi connectivity index (χ3v) is 8.79. The van der Waals surface area contributed by atoms with Crippen molar-refractivity contribution in [1.82, 2.24) is 24.4 Å². The number of piperazine rings is 1. The number of carbonyl (C=O) groups excluding carboxylic acids is 2. The summed E-state index contributed by atoms with van der Waals surface area (Å²) in [6, 6.07) is 7.41. The molecule has 3 aromatic heterocycles. The highest BCUT2D eigenvalue weighted by Crippen LogP contribution is 2.40. The summed E-state index contributed by atoms with van der Waals surface area (Å²) in [6.07, 6.45) is 2.98. The Morgan fingerprint density at radius 2 is 1.85 bits per heavy atom. The van der Waals surface area contributed by atoms with Gasteiger partial charge in [-0.1, -0.05) is 45.5 Å². The molecule has 4 heterocycles. The first-order chi connectivity index (χ1) is 21.8. The number of aryl methyl sites for hydroxylation is 1. The van der Waals surface area contributed by atoms with Crippen LogP contribution in [0.1, 0.15) is 59.2 Å². The largest absolute Gasteiger partial charge is 0.355 e. The number of benzene rings is 1. The van der Waals surface area contributed by atoms with Crippen LogP contribution in [0.2, 0.25) is 5.02 Å². The van der Waals surface area contributed by atoms with Crippen molar-refractivity contribution in [3.63, 3.8) is 0 Å². The van der Waals surface area contributed by atoms with E-state index in [1.54, 1.807) is 36.3 Å². The highest BCUT2D eigenvalue weighted by atomic mass is 35.5. The minimum Gasteiger partial charge on any atom is -0.349 e. The van der Waals surface area contributed by atoms with E-state index >= 15 is 4.39 Å². The van der Waals surface area contributed by atoms with E-state index in [9.17, 15) is 14.4 Å². The lowest BCUT2D eigenvalue weighted by atomic mass is 10.0. The zero-order chi connectivity index (χ0) is 33.6. The summed E-state index contributed by atoms with van der Waals surface area (Å²) in [5, 5.41) is 0.573. The molecule has 4 aromatic rings. The average molecular weight is 662 g/mol. The van der Waals surface area contributed by atoms with Crippen molar-refractivity contribution < 1.29 is 14.0 Å². The maximum absolute atomic E-state index is 15.7. The molecule has 12 heteroatoms. The van der Waals surface area contributed by atoms with Crippen molar-refractivity contribution >= 4 is 46.0 Å². The second kappa shape index (κ2) is 13.6. The fraction of sp³-hybridized carbons (Fsp3) is 0.371. The third-order valence-electron chi connectivity index (χ3n) is 8.50. The number of rotatable bonds is 6. The van der Waals surface area contributed by atoms with Crippen molar-refractivity contribution in [3.8, 4) is 16.9 Å². The predicted molar refractivity (Wildman–Crippen MR) is 186 cm³/mol. The van der Waals surface area contributed by atoms with Gasteiger partial charge in [0.2, 0.25) is 11.8 Å². The number of aromatic nitrogens is 4. The lowest BCUT2D eigenvalue weighted by Crippen LogP contribution is -2.58. The van der Waals surface area contributed by atoms with Crippen LogP contribution in [0.15, 0.2) is 54.0 Å². The van der Waals surface area contributed by atoms with Crippen LogP contribution < -0.4 is 15.5 Å². The molecule has 0 aliphatic carbocycles. The van der Waals surface area contributed by atoms with Gasteiger partial charge in [0, 0.05) is 45.3 Å². The summed E-state index contributed by atoms with van der Waals surface area (Å²) in [7, 11) is 1.54. The Labute approximate surface area is 279 Å². The number of amides is 2. The molecule has 10 nitrogen and oxygen atoms in total. The van der Waals surface area contributed by atoms with E-state index in [2.05, 4.69) is 16.5 Å². The van der Waals surface area contributed by atoms with Crippen molar-refractivity contribution in [3.05, 3.63) is 81.8 Å². The molecule has 5 rings (SSSR count). The molecule has 2 amide bonds. The van der Waals surface area contributed by atoms with Gasteiger partial charge in [0.1, 0.15) is 11.6 Å². The average Bonchev–Trinajstić information content (AvgIpc) is 3.01. The number of anilines is 2. The number of hydrogen-bond acceptors (Lipinski definition) is 7. The fourth-order valence-corrected chi connectivity index (χ4v) is 6.27. The van der Waals surface area contributed by atoms with Gasteiger partial charge in [-0.15, -0.1) is 0 Å². The summed E-state index contributed by atoms with van der Waals surface area (Å²) in [5.41, 5.74) is 1.94. The van der Waals surface area contributed by atoms with Crippen LogP contribution in [0.25, 0.3) is 28.0 Å². The van der Waals surface area contributed by atoms with Gasteiger partial charge in [0.25, 0.3) is 0 Å². The van der Waals surface area contributed by atoms with Crippen molar-refractivity contribution in [2.45, 2.75) is 67.0 Å². The van der Waals surface area contributed by atoms with Crippen LogP contribution in [0.5, 0.6) is 0 Å². The van der Waals surface area contributed by atoms with Crippen LogP contribution in [-0.2, 0) is 9.59 Å². The number of nitrogens with zero attached hydrogens (tertiary/aromatic N) is 7. The highest BCUT2D eigenvalue weighted by molar-refractivity contribution is 6.34. The Bertz CT molecular complexity index is 1940. The first-order valence-corrected chi connectivity index (χ1v) is 15.5. The molecule has 1 aliphatic heterocycles. The third kappa shape index (κ3) is 6.24. The maximum atomic E-state index is 15.7. The number of carbonyl (C=O) groups is 2. The van der Waals surface area contributed by atoms with Gasteiger partial charge in [-0.25, -0.2) is 18.7 Å². The van der Waals surface area contributed by atoms with Crippen LogP contribution in [-0.4, -0.2) is 68.5 Å². The topological polar surface area (TPSA) is 105 Å². The van der Waals surface area contributed by atoms with Gasteiger partial charge in [-0.05, 0) is 62.6 Å². The predicted octanol–water partition coefficient (Wildman–Crippen LogP) is 6.30. The Kier molecular flexibility index (Phi) is 10.2. The summed E-state index contributed by atoms with van der Waals surface area (Å²) in [4.78, 5) is 58.3. The Balaban J connectivity index is 0.00000500. The lowest BCUT2D eigenvalue weighted by molar-refractivity contribution is -0.128. The smallest absolute Gasteiger partial charge is 0.349 e. The molecule has 0 unspecified atom stereocenters. The molecule has 0 saturated carbocycles. The van der Waals surface area contributed by atoms with E-state index in [1.165, 1.54) is 34.6 Å². The second-order valence-electron chi connectivity index (χ2n) is 12.0. The number of halogens is 2. The number of hydrogen-bond donors (Lipinski definition) is 0. The molecule has 0 N–H and O–H groups in total. The van der Waals surface area contributed by atoms with Crippen LogP contribution in [0.3, 0.4) is 0 Å². The molecule has 47 heavy (non-hydrogen) atoms. The summed E-state index contributed by atoms with van der Waals surface area (Å²) in [5.74, 6) is -0.817. The Morgan fingerprint density at radius 1 is 1.15 bits per heavy atom. The summed E-state index contributed by atoms with van der Waals surface area (Å²) in [6.45, 7) is 15.5. The summed E-state index contributed by atoms with van der Waals surface area (Å²) >= 11 is 6.93. The number of fused-ring (bicyclic) bond motifs is 1. The monoisotopic (exact) mass is 661 g/mol. The molecule has 1 aliphatic rings. The molecular weight excluding hydrogens is 621 g/mol. The zero-order valence-electron chi connectivity index (χ0n) is 27.0. The second-order valence-corrected chi connectivity index (χ2v) is 12.4. The quantitative estimate of drug-likeness (QED) is 0.224. The van der Waals surface area contributed by atoms with Gasteiger partial charge in [0.05, 0.1) is 38.7 Å². The van der Waals surface area contributed by atoms with Crippen molar-refractivity contribution in [2.24, 2.45) is 0 Å². The van der Waals surface area contributed by atoms with Gasteiger partial charge in [-0.3, -0.25) is 14.6 Å². The van der Waals surface area contributed by atoms with E-state index in [0.717, 1.165) is 5.56 Å². The molecule has 1 saturated heterocycles. The standard InChI is InChI=1S/C34H37ClFN7O3.CH4/c1-9-27(45)41-16-21(6)42(17-20(41)5)32-23-15-24(35)30(28-25(36)11-10-12-26(28)40(8)22(7)44)38-33(23)43(34(46)39-32)31-19(4)13-14-37-29(31)18(2)3;/h9-15,18,20-21H,1,16-17H2,2-8H3;1H4/t20-,21+;/m1./s1. The summed E-state index contributed by atoms with van der Waals surface area (Å²) < 4.78 is 17.1. The molecule has 1 fully saturated rings. The first-order valence-electron chi connectivity index (χ1n) is 15.1. The first kappa shape index (κ1) is 35.2. The minimum absolute atomic E-state index is 0. The SMILES string of the molecule is C.C=CC(=O)N1C[C@H](C)N(c2nc(=O)n(-c3c(C)ccnc3C(C)C)c3nc(-c4c(F)cccc4N(C)C(C)=O)c(Cl)cc23)C[C@H]1C. The van der Waals surface area contributed by atoms with E-state index < -0.39 is 11.5 Å². The molecule has 0 bridgehead atoms. The molecule has 0 spiro atoms. The lowest BCUT2D eigenvalue weighted by Gasteiger charge is -2.44. The van der Waals surface area contributed by atoms with E-state index in [4.69, 9.17) is 16.6 Å². The fourth-order valence-electron chi connectivity index (χ4n) is 6.03. The zero-order valence-corrected chi connectivity index (χ0v) is 27.8. The number of pyridine rings is 2.